The van der Waals surface area contributed by atoms with Gasteiger partial charge >= 0.3 is 0 Å². The largest absolute Gasteiger partial charge is 0.475 e. The lowest BCUT2D eigenvalue weighted by Gasteiger charge is -2.22. The summed E-state index contributed by atoms with van der Waals surface area (Å²) in [4.78, 5) is 12.4. The van der Waals surface area contributed by atoms with Gasteiger partial charge in [-0.1, -0.05) is 26.0 Å². The van der Waals surface area contributed by atoms with Gasteiger partial charge in [-0.25, -0.2) is 0 Å². The first-order chi connectivity index (χ1) is 11.8. The van der Waals surface area contributed by atoms with Crippen molar-refractivity contribution in [2.45, 2.75) is 78.9 Å². The number of hydrogen-bond acceptors (Lipinski definition) is 5. The summed E-state index contributed by atoms with van der Waals surface area (Å²) in [6, 6.07) is 7.95. The molecule has 2 unspecified atom stereocenters. The van der Waals surface area contributed by atoms with Crippen molar-refractivity contribution in [2.24, 2.45) is 0 Å². The number of Topliss-reactive ketones (excluding diaryl/α,β-unsaturated/α-hetero) is 1. The maximum atomic E-state index is 12.4. The van der Waals surface area contributed by atoms with Crippen molar-refractivity contribution >= 4 is 5.78 Å². The van der Waals surface area contributed by atoms with Gasteiger partial charge in [0, 0.05) is 17.6 Å². The summed E-state index contributed by atoms with van der Waals surface area (Å²) in [6.45, 7) is 12.4. The molecule has 0 heterocycles. The Bertz CT molecular complexity index is 517. The first-order valence-electron chi connectivity index (χ1n) is 9.29. The monoisotopic (exact) mass is 350 g/mol. The van der Waals surface area contributed by atoms with Gasteiger partial charge in [0.1, 0.15) is 24.8 Å². The van der Waals surface area contributed by atoms with E-state index in [1.165, 1.54) is 0 Å². The van der Waals surface area contributed by atoms with Crippen molar-refractivity contribution in [2.75, 3.05) is 6.61 Å². The predicted octanol–water partition coefficient (Wildman–Crippen LogP) is 3.73. The van der Waals surface area contributed by atoms with E-state index in [-0.39, 0.29) is 24.8 Å². The van der Waals surface area contributed by atoms with Crippen molar-refractivity contribution in [3.8, 4) is 5.75 Å². The van der Waals surface area contributed by atoms with Crippen LogP contribution < -0.4 is 15.4 Å². The highest BCUT2D eigenvalue weighted by Crippen LogP contribution is 2.16. The Morgan fingerprint density at radius 1 is 1.00 bits per heavy atom. The van der Waals surface area contributed by atoms with Gasteiger partial charge in [-0.15, -0.1) is 0 Å². The summed E-state index contributed by atoms with van der Waals surface area (Å²) in [5.74, 6) is 0.650. The summed E-state index contributed by atoms with van der Waals surface area (Å²) in [6.07, 6.45) is 1.48. The van der Waals surface area contributed by atoms with Crippen molar-refractivity contribution in [1.82, 2.24) is 10.6 Å². The van der Waals surface area contributed by atoms with E-state index >= 15 is 0 Å². The van der Waals surface area contributed by atoms with Crippen LogP contribution in [0.3, 0.4) is 0 Å². The normalized spacial score (nSPS) is 13.9. The first kappa shape index (κ1) is 21.6. The first-order valence-corrected chi connectivity index (χ1v) is 9.29. The van der Waals surface area contributed by atoms with Crippen LogP contribution in [0.15, 0.2) is 24.3 Å². The van der Waals surface area contributed by atoms with E-state index in [0.29, 0.717) is 23.4 Å². The molecule has 142 valence electrons. The summed E-state index contributed by atoms with van der Waals surface area (Å²) >= 11 is 0. The smallest absolute Gasteiger partial charge is 0.188 e. The molecule has 5 nitrogen and oxygen atoms in total. The lowest BCUT2D eigenvalue weighted by molar-refractivity contribution is 0.0232. The van der Waals surface area contributed by atoms with Gasteiger partial charge in [0.2, 0.25) is 0 Å². The Morgan fingerprint density at radius 3 is 2.16 bits per heavy atom. The fourth-order valence-corrected chi connectivity index (χ4v) is 2.43. The molecule has 0 saturated carbocycles. The second-order valence-corrected chi connectivity index (χ2v) is 6.82. The number of nitrogens with one attached hydrogen (secondary N) is 2. The van der Waals surface area contributed by atoms with E-state index in [9.17, 15) is 4.79 Å². The Kier molecular flexibility index (Phi) is 9.71. The second-order valence-electron chi connectivity index (χ2n) is 6.82. The molecule has 0 bridgehead atoms. The number of benzene rings is 1. The van der Waals surface area contributed by atoms with Gasteiger partial charge < -0.3 is 9.47 Å². The van der Waals surface area contributed by atoms with E-state index in [4.69, 9.17) is 9.47 Å². The van der Waals surface area contributed by atoms with Crippen molar-refractivity contribution in [1.29, 1.82) is 0 Å². The van der Waals surface area contributed by atoms with Gasteiger partial charge in [-0.2, -0.15) is 0 Å². The van der Waals surface area contributed by atoms with Crippen LogP contribution >= 0.6 is 0 Å². The zero-order valence-corrected chi connectivity index (χ0v) is 16.5. The number of ketones is 1. The molecule has 1 aromatic rings. The Labute approximate surface area is 152 Å². The van der Waals surface area contributed by atoms with E-state index in [2.05, 4.69) is 45.3 Å². The van der Waals surface area contributed by atoms with E-state index in [1.807, 2.05) is 19.1 Å². The molecule has 0 spiro atoms. The molecule has 2 atom stereocenters. The number of carbonyl (C=O) groups is 1. The molecule has 1 aromatic carbocycles. The molecule has 25 heavy (non-hydrogen) atoms. The quantitative estimate of drug-likeness (QED) is 0.444. The fraction of sp³-hybridized carbons (Fsp3) is 0.650. The maximum Gasteiger partial charge on any atom is 0.188 e. The highest BCUT2D eigenvalue weighted by molar-refractivity contribution is 5.97. The van der Waals surface area contributed by atoms with Crippen LogP contribution in [0.25, 0.3) is 0 Å². The van der Waals surface area contributed by atoms with Crippen LogP contribution in [0.1, 0.15) is 64.7 Å². The predicted molar refractivity (Wildman–Crippen MR) is 102 cm³/mol. The Hall–Kier alpha value is -1.43. The average molecular weight is 351 g/mol. The molecule has 2 N–H and O–H groups in total. The molecule has 1 rings (SSSR count). The molecule has 5 heteroatoms. The zero-order valence-electron chi connectivity index (χ0n) is 16.5. The highest BCUT2D eigenvalue weighted by Gasteiger charge is 2.14. The molecule has 0 amide bonds. The minimum atomic E-state index is -0.108. The standard InChI is InChI=1S/C20H34N2O3/c1-7-19(21-14(3)4)24-13-18(23)16-10-9-11-17(12-16)25-20(8-2)22-15(5)6/h9-12,14-15,19-22H,7-8,13H2,1-6H3. The van der Waals surface area contributed by atoms with Crippen LogP contribution in [0, 0.1) is 0 Å². The topological polar surface area (TPSA) is 59.6 Å². The van der Waals surface area contributed by atoms with Gasteiger partial charge in [-0.3, -0.25) is 15.4 Å². The molecule has 0 aliphatic heterocycles. The Balaban J connectivity index is 2.65. The molecule has 0 radical (unpaired) electrons. The molecule has 0 aromatic heterocycles. The molecule has 0 fully saturated rings. The Morgan fingerprint density at radius 2 is 1.60 bits per heavy atom. The number of ether oxygens (including phenoxy) is 2. The van der Waals surface area contributed by atoms with Crippen molar-refractivity contribution in [3.63, 3.8) is 0 Å². The SMILES string of the molecule is CCC(NC(C)C)OCC(=O)c1cccc(OC(CC)NC(C)C)c1. The van der Waals surface area contributed by atoms with Crippen LogP contribution in [0.4, 0.5) is 0 Å². The van der Waals surface area contributed by atoms with Crippen molar-refractivity contribution < 1.29 is 14.3 Å². The third kappa shape index (κ3) is 8.47. The summed E-state index contributed by atoms with van der Waals surface area (Å²) in [5.41, 5.74) is 0.608. The van der Waals surface area contributed by atoms with E-state index < -0.39 is 0 Å². The van der Waals surface area contributed by atoms with Gasteiger partial charge in [0.25, 0.3) is 0 Å². The van der Waals surface area contributed by atoms with Gasteiger partial charge in [-0.05, 0) is 52.7 Å². The summed E-state index contributed by atoms with van der Waals surface area (Å²) in [7, 11) is 0. The number of hydrogen-bond donors (Lipinski definition) is 2. The highest BCUT2D eigenvalue weighted by atomic mass is 16.5. The summed E-state index contributed by atoms with van der Waals surface area (Å²) in [5, 5.41) is 6.64. The van der Waals surface area contributed by atoms with Crippen LogP contribution in [0.2, 0.25) is 0 Å². The third-order valence-corrected chi connectivity index (χ3v) is 3.63. The lowest BCUT2D eigenvalue weighted by Crippen LogP contribution is -2.38. The molecule has 0 saturated heterocycles. The number of rotatable bonds is 12. The molecule has 0 aliphatic rings. The third-order valence-electron chi connectivity index (χ3n) is 3.63. The van der Waals surface area contributed by atoms with Crippen LogP contribution in [-0.2, 0) is 4.74 Å². The molecule has 0 aliphatic carbocycles. The second kappa shape index (κ2) is 11.2. The van der Waals surface area contributed by atoms with Crippen LogP contribution in [0.5, 0.6) is 5.75 Å². The lowest BCUT2D eigenvalue weighted by atomic mass is 10.1. The minimum absolute atomic E-state index is 0.0423. The average Bonchev–Trinajstić information content (AvgIpc) is 2.57. The van der Waals surface area contributed by atoms with E-state index in [0.717, 1.165) is 12.8 Å². The van der Waals surface area contributed by atoms with E-state index in [1.54, 1.807) is 12.1 Å². The van der Waals surface area contributed by atoms with Crippen molar-refractivity contribution in [3.05, 3.63) is 29.8 Å². The van der Waals surface area contributed by atoms with Gasteiger partial charge in [0.15, 0.2) is 5.78 Å². The van der Waals surface area contributed by atoms with Gasteiger partial charge in [0.05, 0.1) is 0 Å². The number of carbonyl (C=O) groups excluding carboxylic acids is 1. The maximum absolute atomic E-state index is 12.4. The minimum Gasteiger partial charge on any atom is -0.475 e. The molecular weight excluding hydrogens is 316 g/mol. The van der Waals surface area contributed by atoms with Crippen LogP contribution in [-0.4, -0.2) is 36.9 Å². The fourth-order valence-electron chi connectivity index (χ4n) is 2.43. The summed E-state index contributed by atoms with van der Waals surface area (Å²) < 4.78 is 11.6. The zero-order chi connectivity index (χ0) is 18.8. The molecular formula is C20H34N2O3.